The molecule has 2 heterocycles. The van der Waals surface area contributed by atoms with Crippen LogP contribution >= 0.6 is 23.6 Å². The lowest BCUT2D eigenvalue weighted by molar-refractivity contribution is 0.00903. The molecule has 4 nitrogen and oxygen atoms in total. The van der Waals surface area contributed by atoms with Gasteiger partial charge in [0.2, 0.25) is 0 Å². The van der Waals surface area contributed by atoms with E-state index in [1.807, 2.05) is 30.3 Å². The van der Waals surface area contributed by atoms with E-state index in [9.17, 15) is 4.79 Å². The lowest BCUT2D eigenvalue weighted by Crippen LogP contribution is -2.49. The third-order valence-electron chi connectivity index (χ3n) is 3.31. The molecule has 0 bridgehead atoms. The largest absolute Gasteiger partial charge is 0.391 e. The molecular formula is C14H14N2O2S2. The number of thiophene rings is 1. The Bertz CT molecular complexity index is 635. The summed E-state index contributed by atoms with van der Waals surface area (Å²) in [5.41, 5.74) is 5.60. The van der Waals surface area contributed by atoms with E-state index < -0.39 is 0 Å². The Morgan fingerprint density at radius 1 is 1.45 bits per heavy atom. The Kier molecular flexibility index (Phi) is 3.69. The number of nitrogens with two attached hydrogens (primary N) is 1. The van der Waals surface area contributed by atoms with Gasteiger partial charge in [0, 0.05) is 11.2 Å². The first-order valence-corrected chi connectivity index (χ1v) is 7.56. The van der Waals surface area contributed by atoms with Crippen molar-refractivity contribution in [1.82, 2.24) is 4.90 Å². The standard InChI is InChI=1S/C14H14N2O2S2/c15-13(19)10-8-16(5-6-18-10)14(17)12-7-9-3-1-2-4-11(9)20-12/h1-4,7,10H,5-6,8H2,(H2,15,19). The lowest BCUT2D eigenvalue weighted by atomic mass is 10.2. The summed E-state index contributed by atoms with van der Waals surface area (Å²) >= 11 is 6.45. The lowest BCUT2D eigenvalue weighted by Gasteiger charge is -2.32. The Labute approximate surface area is 126 Å². The van der Waals surface area contributed by atoms with Gasteiger partial charge in [-0.3, -0.25) is 4.79 Å². The Hall–Kier alpha value is -1.50. The van der Waals surface area contributed by atoms with Crippen LogP contribution in [0.2, 0.25) is 0 Å². The molecule has 104 valence electrons. The summed E-state index contributed by atoms with van der Waals surface area (Å²) in [4.78, 5) is 15.3. The van der Waals surface area contributed by atoms with Crippen LogP contribution in [0.3, 0.4) is 0 Å². The predicted molar refractivity (Wildman–Crippen MR) is 84.3 cm³/mol. The number of nitrogens with zero attached hydrogens (tertiary/aromatic N) is 1. The zero-order valence-corrected chi connectivity index (χ0v) is 12.4. The molecule has 3 rings (SSSR count). The third-order valence-corrected chi connectivity index (χ3v) is 4.67. The molecule has 2 N–H and O–H groups in total. The first-order valence-electron chi connectivity index (χ1n) is 6.34. The maximum Gasteiger partial charge on any atom is 0.264 e. The van der Waals surface area contributed by atoms with Crippen molar-refractivity contribution < 1.29 is 9.53 Å². The van der Waals surface area contributed by atoms with Gasteiger partial charge in [-0.1, -0.05) is 30.4 Å². The SMILES string of the molecule is NC(=S)C1CN(C(=O)c2cc3ccccc3s2)CCO1. The van der Waals surface area contributed by atoms with Crippen molar-refractivity contribution >= 4 is 44.5 Å². The number of hydrogen-bond donors (Lipinski definition) is 1. The summed E-state index contributed by atoms with van der Waals surface area (Å²) in [6, 6.07) is 9.92. The van der Waals surface area contributed by atoms with Crippen molar-refractivity contribution in [2.45, 2.75) is 6.10 Å². The summed E-state index contributed by atoms with van der Waals surface area (Å²) < 4.78 is 6.58. The van der Waals surface area contributed by atoms with Crippen LogP contribution in [0.15, 0.2) is 30.3 Å². The normalized spacial score (nSPS) is 19.2. The first-order chi connectivity index (χ1) is 9.65. The fourth-order valence-corrected chi connectivity index (χ4v) is 3.42. The minimum absolute atomic E-state index is 0.0238. The quantitative estimate of drug-likeness (QED) is 0.863. The molecular weight excluding hydrogens is 292 g/mol. The van der Waals surface area contributed by atoms with Crippen molar-refractivity contribution in [2.24, 2.45) is 5.73 Å². The highest BCUT2D eigenvalue weighted by atomic mass is 32.1. The number of benzene rings is 1. The smallest absolute Gasteiger partial charge is 0.264 e. The molecule has 1 fully saturated rings. The molecule has 1 unspecified atom stereocenters. The number of rotatable bonds is 2. The number of thiocarbonyl (C=S) groups is 1. The van der Waals surface area contributed by atoms with Crippen molar-refractivity contribution in [3.63, 3.8) is 0 Å². The van der Waals surface area contributed by atoms with Gasteiger partial charge in [-0.25, -0.2) is 0 Å². The van der Waals surface area contributed by atoms with E-state index in [0.29, 0.717) is 24.7 Å². The Balaban J connectivity index is 1.82. The van der Waals surface area contributed by atoms with Crippen molar-refractivity contribution in [3.8, 4) is 0 Å². The van der Waals surface area contributed by atoms with Crippen LogP contribution in [0.5, 0.6) is 0 Å². The molecule has 2 aromatic rings. The number of morpholine rings is 1. The van der Waals surface area contributed by atoms with E-state index in [2.05, 4.69) is 0 Å². The van der Waals surface area contributed by atoms with Gasteiger partial charge in [-0.05, 0) is 17.5 Å². The second kappa shape index (κ2) is 5.47. The molecule has 0 radical (unpaired) electrons. The molecule has 1 aliphatic heterocycles. The highest BCUT2D eigenvalue weighted by molar-refractivity contribution is 7.80. The maximum atomic E-state index is 12.5. The van der Waals surface area contributed by atoms with Crippen LogP contribution in [0.25, 0.3) is 10.1 Å². The van der Waals surface area contributed by atoms with Gasteiger partial charge in [-0.2, -0.15) is 0 Å². The number of ether oxygens (including phenoxy) is 1. The van der Waals surface area contributed by atoms with E-state index in [0.717, 1.165) is 15.0 Å². The van der Waals surface area contributed by atoms with Gasteiger partial charge < -0.3 is 15.4 Å². The van der Waals surface area contributed by atoms with Gasteiger partial charge in [0.05, 0.1) is 18.0 Å². The second-order valence-electron chi connectivity index (χ2n) is 4.66. The highest BCUT2D eigenvalue weighted by Crippen LogP contribution is 2.26. The summed E-state index contributed by atoms with van der Waals surface area (Å²) in [5, 5.41) is 1.10. The molecule has 0 aliphatic carbocycles. The number of amides is 1. The zero-order valence-electron chi connectivity index (χ0n) is 10.7. The second-order valence-corrected chi connectivity index (χ2v) is 6.22. The Morgan fingerprint density at radius 3 is 3.00 bits per heavy atom. The predicted octanol–water partition coefficient (Wildman–Crippen LogP) is 2.03. The molecule has 1 aromatic carbocycles. The minimum Gasteiger partial charge on any atom is -0.391 e. The average molecular weight is 306 g/mol. The zero-order chi connectivity index (χ0) is 14.1. The fourth-order valence-electron chi connectivity index (χ4n) is 2.25. The summed E-state index contributed by atoms with van der Waals surface area (Å²) in [6.07, 6.45) is -0.336. The van der Waals surface area contributed by atoms with Crippen LogP contribution in [0.1, 0.15) is 9.67 Å². The summed E-state index contributed by atoms with van der Waals surface area (Å²) in [7, 11) is 0. The van der Waals surface area contributed by atoms with E-state index >= 15 is 0 Å². The molecule has 0 saturated carbocycles. The van der Waals surface area contributed by atoms with Crippen LogP contribution in [-0.4, -0.2) is 41.6 Å². The maximum absolute atomic E-state index is 12.5. The van der Waals surface area contributed by atoms with Gasteiger partial charge >= 0.3 is 0 Å². The van der Waals surface area contributed by atoms with Gasteiger partial charge in [0.25, 0.3) is 5.91 Å². The van der Waals surface area contributed by atoms with Gasteiger partial charge in [0.15, 0.2) is 0 Å². The number of fused-ring (bicyclic) bond motifs is 1. The monoisotopic (exact) mass is 306 g/mol. The van der Waals surface area contributed by atoms with Crippen molar-refractivity contribution in [3.05, 3.63) is 35.2 Å². The molecule has 1 saturated heterocycles. The van der Waals surface area contributed by atoms with E-state index in [1.165, 1.54) is 11.3 Å². The Morgan fingerprint density at radius 2 is 2.25 bits per heavy atom. The molecule has 20 heavy (non-hydrogen) atoms. The number of carbonyl (C=O) groups is 1. The molecule has 1 aromatic heterocycles. The summed E-state index contributed by atoms with van der Waals surface area (Å²) in [6.45, 7) is 1.48. The molecule has 6 heteroatoms. The number of hydrogen-bond acceptors (Lipinski definition) is 4. The van der Waals surface area contributed by atoms with E-state index in [4.69, 9.17) is 22.7 Å². The van der Waals surface area contributed by atoms with Crippen LogP contribution in [-0.2, 0) is 4.74 Å². The average Bonchev–Trinajstić information content (AvgIpc) is 2.90. The van der Waals surface area contributed by atoms with E-state index in [-0.39, 0.29) is 12.0 Å². The van der Waals surface area contributed by atoms with Gasteiger partial charge in [-0.15, -0.1) is 11.3 Å². The minimum atomic E-state index is -0.336. The number of carbonyl (C=O) groups excluding carboxylic acids is 1. The van der Waals surface area contributed by atoms with Crippen LogP contribution in [0, 0.1) is 0 Å². The first kappa shape index (κ1) is 13.5. The fraction of sp³-hybridized carbons (Fsp3) is 0.286. The van der Waals surface area contributed by atoms with Crippen molar-refractivity contribution in [2.75, 3.05) is 19.7 Å². The van der Waals surface area contributed by atoms with Crippen LogP contribution in [0.4, 0.5) is 0 Å². The molecule has 1 aliphatic rings. The third kappa shape index (κ3) is 2.54. The molecule has 1 atom stereocenters. The summed E-state index contributed by atoms with van der Waals surface area (Å²) in [5.74, 6) is 0.0238. The topological polar surface area (TPSA) is 55.6 Å². The van der Waals surface area contributed by atoms with E-state index in [1.54, 1.807) is 4.90 Å². The highest BCUT2D eigenvalue weighted by Gasteiger charge is 2.27. The van der Waals surface area contributed by atoms with Crippen molar-refractivity contribution in [1.29, 1.82) is 0 Å². The van der Waals surface area contributed by atoms with Gasteiger partial charge in [0.1, 0.15) is 11.1 Å². The molecule has 1 amide bonds. The van der Waals surface area contributed by atoms with Crippen LogP contribution < -0.4 is 5.73 Å². The molecule has 0 spiro atoms.